The molecule has 0 fully saturated rings. The molecule has 0 aliphatic rings. The third-order valence-corrected chi connectivity index (χ3v) is 4.49. The lowest BCUT2D eigenvalue weighted by molar-refractivity contribution is -0.137. The molecule has 0 aliphatic carbocycles. The Hall–Kier alpha value is -1.48. The number of halogens is 4. The van der Waals surface area contributed by atoms with Crippen molar-refractivity contribution in [3.8, 4) is 0 Å². The largest absolute Gasteiger partial charge is 0.417 e. The summed E-state index contributed by atoms with van der Waals surface area (Å²) in [6.45, 7) is 5.20. The van der Waals surface area contributed by atoms with Crippen LogP contribution in [0.1, 0.15) is 26.3 Å². The number of rotatable bonds is 7. The molecule has 0 saturated carbocycles. The van der Waals surface area contributed by atoms with Crippen LogP contribution >= 0.6 is 23.4 Å². The Labute approximate surface area is 153 Å². The summed E-state index contributed by atoms with van der Waals surface area (Å²) in [5, 5.41) is 5.40. The van der Waals surface area contributed by atoms with E-state index in [-0.39, 0.29) is 34.3 Å². The minimum atomic E-state index is -4.50. The summed E-state index contributed by atoms with van der Waals surface area (Å²) in [5.41, 5.74) is -0.912. The van der Waals surface area contributed by atoms with Crippen LogP contribution in [0.4, 0.5) is 13.2 Å². The van der Waals surface area contributed by atoms with E-state index in [4.69, 9.17) is 11.6 Å². The third kappa shape index (κ3) is 7.11. The minimum absolute atomic E-state index is 0.0809. The fourth-order valence-electron chi connectivity index (χ4n) is 1.87. The summed E-state index contributed by atoms with van der Waals surface area (Å²) in [6, 6.07) is 0.177. The molecule has 0 aromatic carbocycles. The molecule has 1 atom stereocenters. The summed E-state index contributed by atoms with van der Waals surface area (Å²) in [6.07, 6.45) is -3.78. The molecule has 2 N–H and O–H groups in total. The molecule has 5 nitrogen and oxygen atoms in total. The SMILES string of the molecule is CC(=O)N[C@@H](C(=O)NCCSc1ncc(C(F)(F)F)cc1Cl)C(C)C. The summed E-state index contributed by atoms with van der Waals surface area (Å²) in [5.74, 6) is -0.335. The molecule has 0 aliphatic heterocycles. The predicted molar refractivity (Wildman–Crippen MR) is 90.4 cm³/mol. The van der Waals surface area contributed by atoms with Gasteiger partial charge < -0.3 is 10.6 Å². The Morgan fingerprint density at radius 3 is 2.48 bits per heavy atom. The van der Waals surface area contributed by atoms with Crippen molar-refractivity contribution in [2.24, 2.45) is 5.92 Å². The number of nitrogens with zero attached hydrogens (tertiary/aromatic N) is 1. The molecule has 0 spiro atoms. The number of carbonyl (C=O) groups is 2. The van der Waals surface area contributed by atoms with Crippen LogP contribution in [-0.4, -0.2) is 35.1 Å². The number of aromatic nitrogens is 1. The van der Waals surface area contributed by atoms with Gasteiger partial charge in [0.1, 0.15) is 11.1 Å². The van der Waals surface area contributed by atoms with Gasteiger partial charge in [-0.2, -0.15) is 13.2 Å². The number of pyridine rings is 1. The van der Waals surface area contributed by atoms with Gasteiger partial charge in [0.2, 0.25) is 11.8 Å². The van der Waals surface area contributed by atoms with Crippen molar-refractivity contribution in [2.75, 3.05) is 12.3 Å². The van der Waals surface area contributed by atoms with Crippen molar-refractivity contribution < 1.29 is 22.8 Å². The van der Waals surface area contributed by atoms with Gasteiger partial charge in [-0.05, 0) is 12.0 Å². The molecule has 1 rings (SSSR count). The molecular formula is C15H19ClF3N3O2S. The van der Waals surface area contributed by atoms with E-state index >= 15 is 0 Å². The molecule has 140 valence electrons. The van der Waals surface area contributed by atoms with Crippen LogP contribution in [-0.2, 0) is 15.8 Å². The van der Waals surface area contributed by atoms with E-state index in [0.29, 0.717) is 5.75 Å². The molecule has 0 saturated heterocycles. The summed E-state index contributed by atoms with van der Waals surface area (Å²) < 4.78 is 37.6. The maximum Gasteiger partial charge on any atom is 0.417 e. The lowest BCUT2D eigenvalue weighted by Crippen LogP contribution is -2.49. The number of hydrogen-bond acceptors (Lipinski definition) is 4. The standard InChI is InChI=1S/C15H19ClF3N3O2S/c1-8(2)12(22-9(3)23)13(24)20-4-5-25-14-11(16)6-10(7-21-14)15(17,18)19/h6-8,12H,4-5H2,1-3H3,(H,20,24)(H,22,23)/t12-/m1/s1. The van der Waals surface area contributed by atoms with Crippen molar-refractivity contribution in [3.63, 3.8) is 0 Å². The number of nitrogens with one attached hydrogen (secondary N) is 2. The first kappa shape index (κ1) is 21.6. The quantitative estimate of drug-likeness (QED) is 0.547. The average Bonchev–Trinajstić information content (AvgIpc) is 2.48. The number of thioether (sulfide) groups is 1. The van der Waals surface area contributed by atoms with E-state index in [9.17, 15) is 22.8 Å². The molecule has 1 heterocycles. The monoisotopic (exact) mass is 397 g/mol. The first-order valence-electron chi connectivity index (χ1n) is 7.42. The van der Waals surface area contributed by atoms with Gasteiger partial charge in [-0.1, -0.05) is 25.4 Å². The second-order valence-corrected chi connectivity index (χ2v) is 7.06. The number of hydrogen-bond donors (Lipinski definition) is 2. The Morgan fingerprint density at radius 1 is 1.36 bits per heavy atom. The van der Waals surface area contributed by atoms with Gasteiger partial charge in [-0.3, -0.25) is 9.59 Å². The molecule has 10 heteroatoms. The maximum absolute atomic E-state index is 12.5. The van der Waals surface area contributed by atoms with Gasteiger partial charge in [-0.15, -0.1) is 11.8 Å². The Morgan fingerprint density at radius 2 is 2.00 bits per heavy atom. The van der Waals surface area contributed by atoms with Gasteiger partial charge in [0.25, 0.3) is 0 Å². The van der Waals surface area contributed by atoms with E-state index in [1.165, 1.54) is 6.92 Å². The molecular weight excluding hydrogens is 379 g/mol. The zero-order valence-corrected chi connectivity index (χ0v) is 15.5. The van der Waals surface area contributed by atoms with Crippen LogP contribution in [0.25, 0.3) is 0 Å². The fraction of sp³-hybridized carbons (Fsp3) is 0.533. The van der Waals surface area contributed by atoms with Crippen LogP contribution in [0, 0.1) is 5.92 Å². The van der Waals surface area contributed by atoms with Crippen LogP contribution < -0.4 is 10.6 Å². The zero-order chi connectivity index (χ0) is 19.2. The van der Waals surface area contributed by atoms with E-state index in [0.717, 1.165) is 24.0 Å². The molecule has 25 heavy (non-hydrogen) atoms. The highest BCUT2D eigenvalue weighted by molar-refractivity contribution is 7.99. The van der Waals surface area contributed by atoms with Crippen LogP contribution in [0.2, 0.25) is 5.02 Å². The summed E-state index contributed by atoms with van der Waals surface area (Å²) in [4.78, 5) is 26.9. The molecule has 0 unspecified atom stereocenters. The molecule has 1 aromatic heterocycles. The van der Waals surface area contributed by atoms with Crippen molar-refractivity contribution in [2.45, 2.75) is 38.0 Å². The van der Waals surface area contributed by atoms with Crippen LogP contribution in [0.3, 0.4) is 0 Å². The van der Waals surface area contributed by atoms with Crippen molar-refractivity contribution in [1.82, 2.24) is 15.6 Å². The van der Waals surface area contributed by atoms with Gasteiger partial charge in [-0.25, -0.2) is 4.98 Å². The number of carbonyl (C=O) groups excluding carboxylic acids is 2. The van der Waals surface area contributed by atoms with Crippen molar-refractivity contribution >= 4 is 35.2 Å². The van der Waals surface area contributed by atoms with E-state index < -0.39 is 17.8 Å². The molecule has 2 amide bonds. The highest BCUT2D eigenvalue weighted by Gasteiger charge is 2.31. The second kappa shape index (κ2) is 9.28. The normalized spacial score (nSPS) is 12.8. The lowest BCUT2D eigenvalue weighted by Gasteiger charge is -2.20. The average molecular weight is 398 g/mol. The highest BCUT2D eigenvalue weighted by atomic mass is 35.5. The zero-order valence-electron chi connectivity index (χ0n) is 13.9. The molecule has 1 aromatic rings. The highest BCUT2D eigenvalue weighted by Crippen LogP contribution is 2.33. The van der Waals surface area contributed by atoms with Gasteiger partial charge in [0.15, 0.2) is 0 Å². The Bertz CT molecular complexity index is 627. The third-order valence-electron chi connectivity index (χ3n) is 3.08. The first-order valence-corrected chi connectivity index (χ1v) is 8.79. The van der Waals surface area contributed by atoms with Gasteiger partial charge in [0, 0.05) is 25.4 Å². The lowest BCUT2D eigenvalue weighted by atomic mass is 10.0. The predicted octanol–water partition coefficient (Wildman–Crippen LogP) is 3.12. The van der Waals surface area contributed by atoms with E-state index in [2.05, 4.69) is 15.6 Å². The van der Waals surface area contributed by atoms with Gasteiger partial charge in [0.05, 0.1) is 10.6 Å². The minimum Gasteiger partial charge on any atom is -0.353 e. The first-order chi connectivity index (χ1) is 11.5. The van der Waals surface area contributed by atoms with Crippen LogP contribution in [0.15, 0.2) is 17.3 Å². The number of amides is 2. The van der Waals surface area contributed by atoms with E-state index in [1.807, 2.05) is 0 Å². The maximum atomic E-state index is 12.5. The summed E-state index contributed by atoms with van der Waals surface area (Å²) in [7, 11) is 0. The Balaban J connectivity index is 2.52. The Kier molecular flexibility index (Phi) is 8.01. The number of alkyl halides is 3. The van der Waals surface area contributed by atoms with Crippen LogP contribution in [0.5, 0.6) is 0 Å². The van der Waals surface area contributed by atoms with Crippen molar-refractivity contribution in [1.29, 1.82) is 0 Å². The summed E-state index contributed by atoms with van der Waals surface area (Å²) >= 11 is 6.94. The molecule has 0 radical (unpaired) electrons. The molecule has 0 bridgehead atoms. The van der Waals surface area contributed by atoms with Crippen molar-refractivity contribution in [3.05, 3.63) is 22.8 Å². The second-order valence-electron chi connectivity index (χ2n) is 5.57. The topological polar surface area (TPSA) is 71.1 Å². The van der Waals surface area contributed by atoms with E-state index in [1.54, 1.807) is 13.8 Å². The smallest absolute Gasteiger partial charge is 0.353 e. The fourth-order valence-corrected chi connectivity index (χ4v) is 2.92. The van der Waals surface area contributed by atoms with Gasteiger partial charge >= 0.3 is 6.18 Å².